The molecular weight excluding hydrogens is 314 g/mol. The predicted molar refractivity (Wildman–Crippen MR) is 91.9 cm³/mol. The van der Waals surface area contributed by atoms with Crippen molar-refractivity contribution >= 4 is 23.2 Å². The fraction of sp³-hybridized carbons (Fsp3) is 0.375. The van der Waals surface area contributed by atoms with E-state index in [-0.39, 0.29) is 0 Å². The molecule has 0 amide bonds. The first-order valence-electron chi connectivity index (χ1n) is 7.62. The molecular formula is C16H20ClN5O. The maximum absolute atomic E-state index is 6.28. The number of para-hydroxylation sites is 1. The third kappa shape index (κ3) is 3.76. The molecule has 0 bridgehead atoms. The van der Waals surface area contributed by atoms with E-state index in [9.17, 15) is 0 Å². The van der Waals surface area contributed by atoms with Gasteiger partial charge in [0.25, 0.3) is 0 Å². The third-order valence-electron chi connectivity index (χ3n) is 3.90. The highest BCUT2D eigenvalue weighted by atomic mass is 35.5. The molecule has 23 heavy (non-hydrogen) atoms. The largest absolute Gasteiger partial charge is 0.367 e. The number of aliphatic imine (C=N–C) groups is 1. The number of hydrogen-bond donors (Lipinski definition) is 1. The van der Waals surface area contributed by atoms with E-state index in [2.05, 4.69) is 31.3 Å². The number of piperazine rings is 1. The minimum Gasteiger partial charge on any atom is -0.367 e. The number of benzene rings is 1. The number of anilines is 1. The van der Waals surface area contributed by atoms with Gasteiger partial charge in [0.05, 0.1) is 17.3 Å². The topological polar surface area (TPSA) is 56.9 Å². The molecule has 0 spiro atoms. The second-order valence-corrected chi connectivity index (χ2v) is 5.72. The van der Waals surface area contributed by atoms with Crippen molar-refractivity contribution in [3.8, 4) is 0 Å². The summed E-state index contributed by atoms with van der Waals surface area (Å²) in [5.41, 5.74) is 1.96. The Morgan fingerprint density at radius 2 is 2.04 bits per heavy atom. The monoisotopic (exact) mass is 333 g/mol. The van der Waals surface area contributed by atoms with Crippen LogP contribution in [0, 0.1) is 0 Å². The van der Waals surface area contributed by atoms with Crippen LogP contribution in [-0.2, 0) is 6.54 Å². The van der Waals surface area contributed by atoms with Crippen LogP contribution in [0.5, 0.6) is 0 Å². The summed E-state index contributed by atoms with van der Waals surface area (Å²) >= 11 is 6.28. The van der Waals surface area contributed by atoms with E-state index in [1.807, 2.05) is 24.3 Å². The molecule has 1 saturated heterocycles. The fourth-order valence-electron chi connectivity index (χ4n) is 2.70. The first-order valence-corrected chi connectivity index (χ1v) is 8.00. The summed E-state index contributed by atoms with van der Waals surface area (Å²) in [4.78, 5) is 8.91. The molecule has 0 aliphatic carbocycles. The van der Waals surface area contributed by atoms with Crippen LogP contribution in [0.1, 0.15) is 5.69 Å². The highest BCUT2D eigenvalue weighted by molar-refractivity contribution is 6.33. The Bertz CT molecular complexity index is 650. The highest BCUT2D eigenvalue weighted by Crippen LogP contribution is 2.25. The van der Waals surface area contributed by atoms with Crippen LogP contribution in [0.25, 0.3) is 0 Å². The fourth-order valence-corrected chi connectivity index (χ4v) is 2.95. The van der Waals surface area contributed by atoms with Crippen molar-refractivity contribution in [2.75, 3.05) is 38.1 Å². The van der Waals surface area contributed by atoms with E-state index >= 15 is 0 Å². The molecule has 1 aliphatic rings. The average Bonchev–Trinajstić information content (AvgIpc) is 3.10. The van der Waals surface area contributed by atoms with Crippen LogP contribution in [-0.4, -0.2) is 49.2 Å². The van der Waals surface area contributed by atoms with Crippen molar-refractivity contribution in [2.45, 2.75) is 6.54 Å². The molecule has 122 valence electrons. The highest BCUT2D eigenvalue weighted by Gasteiger charge is 2.21. The number of rotatable bonds is 3. The zero-order chi connectivity index (χ0) is 16.1. The quantitative estimate of drug-likeness (QED) is 0.689. The second-order valence-electron chi connectivity index (χ2n) is 5.32. The molecule has 3 rings (SSSR count). The smallest absolute Gasteiger partial charge is 0.194 e. The zero-order valence-corrected chi connectivity index (χ0v) is 13.8. The van der Waals surface area contributed by atoms with Gasteiger partial charge in [-0.05, 0) is 12.1 Å². The van der Waals surface area contributed by atoms with Crippen molar-refractivity contribution < 1.29 is 4.52 Å². The summed E-state index contributed by atoms with van der Waals surface area (Å²) in [7, 11) is 1.80. The lowest BCUT2D eigenvalue weighted by Gasteiger charge is -2.38. The van der Waals surface area contributed by atoms with E-state index < -0.39 is 0 Å². The number of guanidine groups is 1. The van der Waals surface area contributed by atoms with E-state index in [4.69, 9.17) is 16.1 Å². The van der Waals surface area contributed by atoms with Crippen molar-refractivity contribution in [1.82, 2.24) is 15.4 Å². The van der Waals surface area contributed by atoms with Crippen molar-refractivity contribution in [3.05, 3.63) is 47.3 Å². The van der Waals surface area contributed by atoms with Gasteiger partial charge in [0.1, 0.15) is 12.0 Å². The number of hydrogen-bond acceptors (Lipinski definition) is 4. The Morgan fingerprint density at radius 1 is 1.26 bits per heavy atom. The van der Waals surface area contributed by atoms with Crippen LogP contribution in [0.3, 0.4) is 0 Å². The van der Waals surface area contributed by atoms with Crippen LogP contribution >= 0.6 is 11.6 Å². The van der Waals surface area contributed by atoms with Gasteiger partial charge < -0.3 is 19.6 Å². The molecule has 1 aromatic carbocycles. The van der Waals surface area contributed by atoms with Crippen LogP contribution in [0.2, 0.25) is 5.02 Å². The summed E-state index contributed by atoms with van der Waals surface area (Å²) in [5, 5.41) is 8.01. The number of aromatic nitrogens is 1. The molecule has 0 radical (unpaired) electrons. The molecule has 1 N–H and O–H groups in total. The first-order chi connectivity index (χ1) is 11.3. The molecule has 2 aromatic rings. The minimum absolute atomic E-state index is 0.605. The van der Waals surface area contributed by atoms with Gasteiger partial charge >= 0.3 is 0 Å². The molecule has 2 heterocycles. The predicted octanol–water partition coefficient (Wildman–Crippen LogP) is 2.23. The van der Waals surface area contributed by atoms with E-state index in [1.54, 1.807) is 13.3 Å². The molecule has 1 aromatic heterocycles. The van der Waals surface area contributed by atoms with Gasteiger partial charge in [0, 0.05) is 39.3 Å². The van der Waals surface area contributed by atoms with Gasteiger partial charge in [-0.15, -0.1) is 0 Å². The summed E-state index contributed by atoms with van der Waals surface area (Å²) in [6, 6.07) is 9.82. The van der Waals surface area contributed by atoms with E-state index in [1.165, 1.54) is 0 Å². The Labute approximate surface area is 140 Å². The maximum Gasteiger partial charge on any atom is 0.194 e. The summed E-state index contributed by atoms with van der Waals surface area (Å²) in [6.45, 7) is 4.21. The van der Waals surface area contributed by atoms with E-state index in [0.717, 1.165) is 48.5 Å². The zero-order valence-electron chi connectivity index (χ0n) is 13.1. The van der Waals surface area contributed by atoms with Gasteiger partial charge in [-0.25, -0.2) is 0 Å². The lowest BCUT2D eigenvalue weighted by atomic mass is 10.2. The third-order valence-corrected chi connectivity index (χ3v) is 4.22. The number of halogens is 1. The van der Waals surface area contributed by atoms with Gasteiger partial charge in [0.15, 0.2) is 5.96 Å². The van der Waals surface area contributed by atoms with E-state index in [0.29, 0.717) is 6.54 Å². The Morgan fingerprint density at radius 3 is 2.70 bits per heavy atom. The minimum atomic E-state index is 0.605. The van der Waals surface area contributed by atoms with Gasteiger partial charge in [-0.2, -0.15) is 0 Å². The van der Waals surface area contributed by atoms with Crippen molar-refractivity contribution in [1.29, 1.82) is 0 Å². The van der Waals surface area contributed by atoms with Crippen LogP contribution < -0.4 is 10.2 Å². The number of nitrogens with one attached hydrogen (secondary N) is 1. The Kier molecular flexibility index (Phi) is 5.02. The lowest BCUT2D eigenvalue weighted by molar-refractivity contribution is 0.370. The summed E-state index contributed by atoms with van der Waals surface area (Å²) < 4.78 is 4.84. The first kappa shape index (κ1) is 15.7. The molecule has 7 heteroatoms. The van der Waals surface area contributed by atoms with Gasteiger partial charge in [0.2, 0.25) is 0 Å². The summed E-state index contributed by atoms with van der Waals surface area (Å²) in [5.74, 6) is 0.881. The van der Waals surface area contributed by atoms with Gasteiger partial charge in [-0.3, -0.25) is 4.99 Å². The molecule has 0 atom stereocenters. The van der Waals surface area contributed by atoms with Crippen LogP contribution in [0.15, 0.2) is 46.1 Å². The molecule has 1 aliphatic heterocycles. The molecule has 0 unspecified atom stereocenters. The standard InChI is InChI=1S/C16H20ClN5O/c1-18-16(19-12-13-6-11-23-20-13)22-9-7-21(8-10-22)15-5-3-2-4-14(15)17/h2-6,11H,7-10,12H2,1H3,(H,18,19). The lowest BCUT2D eigenvalue weighted by Crippen LogP contribution is -2.52. The average molecular weight is 334 g/mol. The van der Waals surface area contributed by atoms with Crippen molar-refractivity contribution in [3.63, 3.8) is 0 Å². The molecule has 6 nitrogen and oxygen atoms in total. The second kappa shape index (κ2) is 7.37. The Balaban J connectivity index is 1.56. The molecule has 1 fully saturated rings. The maximum atomic E-state index is 6.28. The summed E-state index contributed by atoms with van der Waals surface area (Å²) in [6.07, 6.45) is 1.57. The Hall–Kier alpha value is -2.21. The normalized spacial score (nSPS) is 15.8. The van der Waals surface area contributed by atoms with Crippen molar-refractivity contribution in [2.24, 2.45) is 4.99 Å². The van der Waals surface area contributed by atoms with Gasteiger partial charge in [-0.1, -0.05) is 28.9 Å². The number of nitrogens with zero attached hydrogens (tertiary/aromatic N) is 4. The van der Waals surface area contributed by atoms with Crippen LogP contribution in [0.4, 0.5) is 5.69 Å². The molecule has 0 saturated carbocycles. The SMILES string of the molecule is CN=C(NCc1ccon1)N1CCN(c2ccccc2Cl)CC1.